The van der Waals surface area contributed by atoms with E-state index in [2.05, 4.69) is 10.3 Å². The number of imidazole rings is 1. The molecule has 0 saturated heterocycles. The molecule has 7 nitrogen and oxygen atoms in total. The highest BCUT2D eigenvalue weighted by Crippen LogP contribution is 2.28. The Morgan fingerprint density at radius 2 is 1.89 bits per heavy atom. The van der Waals surface area contributed by atoms with E-state index in [9.17, 15) is 4.79 Å². The van der Waals surface area contributed by atoms with E-state index >= 15 is 0 Å². The Hall–Kier alpha value is -2.42. The van der Waals surface area contributed by atoms with Crippen molar-refractivity contribution < 1.29 is 19.0 Å². The topological polar surface area (TPSA) is 74.1 Å². The van der Waals surface area contributed by atoms with Gasteiger partial charge in [0.2, 0.25) is 0 Å². The second-order valence-corrected chi connectivity index (χ2v) is 7.05. The monoisotopic (exact) mass is 403 g/mol. The molecule has 0 saturated carbocycles. The summed E-state index contributed by atoms with van der Waals surface area (Å²) >= 11 is 1.37. The van der Waals surface area contributed by atoms with Gasteiger partial charge in [0.1, 0.15) is 10.6 Å². The van der Waals surface area contributed by atoms with Gasteiger partial charge in [-0.15, -0.1) is 0 Å². The third-order valence-electron chi connectivity index (χ3n) is 4.28. The molecular formula is C20H25N3O4S. The van der Waals surface area contributed by atoms with Gasteiger partial charge in [-0.3, -0.25) is 9.20 Å². The maximum Gasteiger partial charge on any atom is 0.263 e. The number of fused-ring (bicyclic) bond motifs is 1. The van der Waals surface area contributed by atoms with Gasteiger partial charge in [0.15, 0.2) is 11.3 Å². The van der Waals surface area contributed by atoms with Crippen molar-refractivity contribution in [2.24, 2.45) is 0 Å². The van der Waals surface area contributed by atoms with Crippen LogP contribution < -0.4 is 10.1 Å². The second-order valence-electron chi connectivity index (χ2n) is 6.07. The van der Waals surface area contributed by atoms with Crippen LogP contribution in [0.1, 0.15) is 29.2 Å². The maximum atomic E-state index is 12.6. The smallest absolute Gasteiger partial charge is 0.263 e. The van der Waals surface area contributed by atoms with Crippen LogP contribution in [0.3, 0.4) is 0 Å². The Kier molecular flexibility index (Phi) is 6.66. The first-order chi connectivity index (χ1) is 13.6. The molecule has 150 valence electrons. The Bertz CT molecular complexity index is 927. The highest BCUT2D eigenvalue weighted by atomic mass is 32.1. The number of carbonyl (C=O) groups is 1. The molecule has 0 bridgehead atoms. The van der Waals surface area contributed by atoms with E-state index in [1.165, 1.54) is 11.3 Å². The quantitative estimate of drug-likeness (QED) is 0.554. The average Bonchev–Trinajstić information content (AvgIpc) is 3.26. The van der Waals surface area contributed by atoms with Crippen LogP contribution >= 0.6 is 11.3 Å². The predicted octanol–water partition coefficient (Wildman–Crippen LogP) is 3.51. The summed E-state index contributed by atoms with van der Waals surface area (Å²) in [6.45, 7) is 7.07. The molecule has 0 aliphatic heterocycles. The molecule has 0 spiro atoms. The number of methoxy groups -OCH3 is 1. The number of hydrogen-bond acceptors (Lipinski definition) is 6. The van der Waals surface area contributed by atoms with Gasteiger partial charge in [0.25, 0.3) is 5.91 Å². The number of nitrogens with one attached hydrogen (secondary N) is 1. The first kappa shape index (κ1) is 20.3. The summed E-state index contributed by atoms with van der Waals surface area (Å²) in [5.74, 6) is 0.653. The van der Waals surface area contributed by atoms with Crippen LogP contribution in [-0.4, -0.2) is 48.5 Å². The normalized spacial score (nSPS) is 11.3. The Balaban J connectivity index is 1.75. The molecule has 0 unspecified atom stereocenters. The second kappa shape index (κ2) is 9.18. The lowest BCUT2D eigenvalue weighted by molar-refractivity contribution is -0.131. The summed E-state index contributed by atoms with van der Waals surface area (Å²) in [6.07, 6.45) is 1.51. The number of thiazole rings is 1. The van der Waals surface area contributed by atoms with Gasteiger partial charge < -0.3 is 19.5 Å². The fraction of sp³-hybridized carbons (Fsp3) is 0.400. The van der Waals surface area contributed by atoms with E-state index in [1.807, 2.05) is 55.6 Å². The van der Waals surface area contributed by atoms with Crippen LogP contribution in [0, 0.1) is 6.92 Å². The van der Waals surface area contributed by atoms with E-state index in [0.29, 0.717) is 24.6 Å². The lowest BCUT2D eigenvalue weighted by atomic mass is 10.2. The van der Waals surface area contributed by atoms with Gasteiger partial charge in [0.05, 0.1) is 19.3 Å². The van der Waals surface area contributed by atoms with Crippen LogP contribution in [0.2, 0.25) is 0 Å². The molecule has 0 aliphatic rings. The van der Waals surface area contributed by atoms with Crippen molar-refractivity contribution in [3.05, 3.63) is 41.0 Å². The first-order valence-corrected chi connectivity index (χ1v) is 10.0. The number of rotatable bonds is 9. The number of hydrogen-bond donors (Lipinski definition) is 1. The maximum absolute atomic E-state index is 12.6. The first-order valence-electron chi connectivity index (χ1n) is 9.21. The van der Waals surface area contributed by atoms with Crippen LogP contribution in [0.25, 0.3) is 16.2 Å². The van der Waals surface area contributed by atoms with Crippen LogP contribution in [-0.2, 0) is 9.47 Å². The molecule has 2 heterocycles. The molecule has 1 aromatic carbocycles. The number of nitrogens with zero attached hydrogens (tertiary/aromatic N) is 2. The SMILES string of the molecule is CCOC(CNC(=O)c1sc2nc(-c3ccc(OC)cc3)cn2c1C)OCC. The molecule has 0 fully saturated rings. The largest absolute Gasteiger partial charge is 0.497 e. The molecule has 3 rings (SSSR count). The summed E-state index contributed by atoms with van der Waals surface area (Å²) in [6, 6.07) is 7.75. The molecule has 28 heavy (non-hydrogen) atoms. The predicted molar refractivity (Wildman–Crippen MR) is 109 cm³/mol. The number of benzene rings is 1. The third-order valence-corrected chi connectivity index (χ3v) is 5.44. The zero-order valence-corrected chi connectivity index (χ0v) is 17.3. The standard InChI is InChI=1S/C20H25N3O4S/c1-5-26-17(27-6-2)11-21-19(24)18-13(3)23-12-16(22-20(23)28-18)14-7-9-15(25-4)10-8-14/h7-10,12,17H,5-6,11H2,1-4H3,(H,21,24). The van der Waals surface area contributed by atoms with Crippen LogP contribution in [0.5, 0.6) is 5.75 Å². The molecule has 0 atom stereocenters. The van der Waals surface area contributed by atoms with Crippen molar-refractivity contribution >= 4 is 22.2 Å². The summed E-state index contributed by atoms with van der Waals surface area (Å²) < 4.78 is 18.1. The van der Waals surface area contributed by atoms with E-state index in [-0.39, 0.29) is 5.91 Å². The molecular weight excluding hydrogens is 378 g/mol. The fourth-order valence-corrected chi connectivity index (χ4v) is 3.88. The van der Waals surface area contributed by atoms with Crippen molar-refractivity contribution in [2.45, 2.75) is 27.1 Å². The molecule has 1 amide bonds. The minimum atomic E-state index is -0.440. The van der Waals surface area contributed by atoms with Gasteiger partial charge in [-0.2, -0.15) is 0 Å². The number of amides is 1. The lowest BCUT2D eigenvalue weighted by Gasteiger charge is -2.17. The van der Waals surface area contributed by atoms with Gasteiger partial charge in [-0.05, 0) is 45.0 Å². The van der Waals surface area contributed by atoms with Crippen molar-refractivity contribution in [3.8, 4) is 17.0 Å². The Morgan fingerprint density at radius 1 is 1.21 bits per heavy atom. The van der Waals surface area contributed by atoms with Crippen molar-refractivity contribution in [2.75, 3.05) is 26.9 Å². The number of ether oxygens (including phenoxy) is 3. The minimum Gasteiger partial charge on any atom is -0.497 e. The van der Waals surface area contributed by atoms with Crippen molar-refractivity contribution in [3.63, 3.8) is 0 Å². The van der Waals surface area contributed by atoms with Gasteiger partial charge >= 0.3 is 0 Å². The highest BCUT2D eigenvalue weighted by molar-refractivity contribution is 7.19. The molecule has 0 radical (unpaired) electrons. The lowest BCUT2D eigenvalue weighted by Crippen LogP contribution is -2.35. The summed E-state index contributed by atoms with van der Waals surface area (Å²) in [4.78, 5) is 18.7. The number of aromatic nitrogens is 2. The third kappa shape index (κ3) is 4.35. The number of carbonyl (C=O) groups excluding carboxylic acids is 1. The van der Waals surface area contributed by atoms with Gasteiger partial charge in [-0.1, -0.05) is 11.3 Å². The fourth-order valence-electron chi connectivity index (χ4n) is 2.86. The molecule has 2 aromatic heterocycles. The Morgan fingerprint density at radius 3 is 2.46 bits per heavy atom. The van der Waals surface area contributed by atoms with Gasteiger partial charge in [0, 0.05) is 30.7 Å². The van der Waals surface area contributed by atoms with Crippen LogP contribution in [0.15, 0.2) is 30.5 Å². The summed E-state index contributed by atoms with van der Waals surface area (Å²) in [5.41, 5.74) is 2.71. The van der Waals surface area contributed by atoms with E-state index in [1.54, 1.807) is 7.11 Å². The van der Waals surface area contributed by atoms with Crippen molar-refractivity contribution in [1.29, 1.82) is 0 Å². The van der Waals surface area contributed by atoms with Crippen molar-refractivity contribution in [1.82, 2.24) is 14.7 Å². The average molecular weight is 404 g/mol. The highest BCUT2D eigenvalue weighted by Gasteiger charge is 2.19. The summed E-state index contributed by atoms with van der Waals surface area (Å²) in [5, 5.41) is 2.89. The Labute approximate surface area is 168 Å². The number of aryl methyl sites for hydroxylation is 1. The van der Waals surface area contributed by atoms with Crippen LogP contribution in [0.4, 0.5) is 0 Å². The zero-order valence-electron chi connectivity index (χ0n) is 16.5. The molecule has 0 aliphatic carbocycles. The van der Waals surface area contributed by atoms with E-state index < -0.39 is 6.29 Å². The van der Waals surface area contributed by atoms with E-state index in [0.717, 1.165) is 27.7 Å². The molecule has 3 aromatic rings. The van der Waals surface area contributed by atoms with E-state index in [4.69, 9.17) is 14.2 Å². The molecule has 8 heteroatoms. The van der Waals surface area contributed by atoms with Gasteiger partial charge in [-0.25, -0.2) is 4.98 Å². The summed E-state index contributed by atoms with van der Waals surface area (Å²) in [7, 11) is 1.64. The molecule has 1 N–H and O–H groups in total. The zero-order chi connectivity index (χ0) is 20.1. The minimum absolute atomic E-state index is 0.150.